The molecule has 174 valence electrons. The third kappa shape index (κ3) is 6.06. The Labute approximate surface area is 194 Å². The number of hydrogen-bond donors (Lipinski definition) is 3. The van der Waals surface area contributed by atoms with Gasteiger partial charge < -0.3 is 29.5 Å². The van der Waals surface area contributed by atoms with Gasteiger partial charge in [-0.3, -0.25) is 0 Å². The molecule has 0 radical (unpaired) electrons. The topological polar surface area (TPSA) is 88.4 Å². The van der Waals surface area contributed by atoms with Gasteiger partial charge in [0.2, 0.25) is 0 Å². The maximum absolute atomic E-state index is 10.8. The summed E-state index contributed by atoms with van der Waals surface area (Å²) in [5.41, 5.74) is 2.79. The van der Waals surface area contributed by atoms with Crippen LogP contribution in [-0.2, 0) is 34.0 Å². The van der Waals surface area contributed by atoms with Crippen LogP contribution in [0.1, 0.15) is 16.7 Å². The molecule has 6 nitrogen and oxygen atoms in total. The molecule has 0 bridgehead atoms. The van der Waals surface area contributed by atoms with E-state index in [0.717, 1.165) is 16.7 Å². The van der Waals surface area contributed by atoms with Gasteiger partial charge in [-0.15, -0.1) is 0 Å². The maximum atomic E-state index is 10.8. The summed E-state index contributed by atoms with van der Waals surface area (Å²) in [6, 6.07) is 28.8. The molecule has 6 atom stereocenters. The molecule has 3 N–H and O–H groups in total. The van der Waals surface area contributed by atoms with Crippen LogP contribution in [0.2, 0.25) is 0 Å². The summed E-state index contributed by atoms with van der Waals surface area (Å²) in [5.74, 6) is 0. The van der Waals surface area contributed by atoms with Gasteiger partial charge in [0.25, 0.3) is 0 Å². The first-order chi connectivity index (χ1) is 16.1. The van der Waals surface area contributed by atoms with Gasteiger partial charge in [0, 0.05) is 0 Å². The highest BCUT2D eigenvalue weighted by molar-refractivity contribution is 5.16. The quantitative estimate of drug-likeness (QED) is 0.465. The summed E-state index contributed by atoms with van der Waals surface area (Å²) in [6.07, 6.45) is -6.68. The number of hydrogen-bond acceptors (Lipinski definition) is 6. The maximum Gasteiger partial charge on any atom is 0.116 e. The van der Waals surface area contributed by atoms with Crippen LogP contribution in [0.3, 0.4) is 0 Å². The Balaban J connectivity index is 1.54. The van der Waals surface area contributed by atoms with Crippen molar-refractivity contribution in [2.45, 2.75) is 56.4 Å². The second-order valence-electron chi connectivity index (χ2n) is 8.26. The van der Waals surface area contributed by atoms with E-state index in [4.69, 9.17) is 14.2 Å². The molecule has 3 aromatic carbocycles. The first-order valence-electron chi connectivity index (χ1n) is 11.1. The molecule has 0 aromatic heterocycles. The van der Waals surface area contributed by atoms with Crippen LogP contribution in [0.5, 0.6) is 0 Å². The Morgan fingerprint density at radius 3 is 1.06 bits per heavy atom. The lowest BCUT2D eigenvalue weighted by Crippen LogP contribution is -2.65. The van der Waals surface area contributed by atoms with Crippen molar-refractivity contribution in [2.24, 2.45) is 0 Å². The minimum atomic E-state index is -1.43. The molecule has 33 heavy (non-hydrogen) atoms. The molecule has 1 fully saturated rings. The number of aliphatic hydroxyl groups is 3. The molecule has 2 unspecified atom stereocenters. The van der Waals surface area contributed by atoms with Gasteiger partial charge >= 0.3 is 0 Å². The average Bonchev–Trinajstić information content (AvgIpc) is 2.87. The fourth-order valence-electron chi connectivity index (χ4n) is 4.04. The van der Waals surface area contributed by atoms with Gasteiger partial charge in [-0.2, -0.15) is 0 Å². The van der Waals surface area contributed by atoms with E-state index in [1.165, 1.54) is 0 Å². The van der Waals surface area contributed by atoms with Crippen LogP contribution in [0.15, 0.2) is 91.0 Å². The monoisotopic (exact) mass is 450 g/mol. The highest BCUT2D eigenvalue weighted by atomic mass is 16.6. The minimum Gasteiger partial charge on any atom is -0.387 e. The van der Waals surface area contributed by atoms with E-state index in [-0.39, 0.29) is 19.8 Å². The molecule has 1 aliphatic carbocycles. The summed E-state index contributed by atoms with van der Waals surface area (Å²) in [4.78, 5) is 0. The lowest BCUT2D eigenvalue weighted by Gasteiger charge is -2.45. The highest BCUT2D eigenvalue weighted by Crippen LogP contribution is 2.30. The van der Waals surface area contributed by atoms with Gasteiger partial charge in [0.05, 0.1) is 19.8 Å². The molecule has 0 heterocycles. The van der Waals surface area contributed by atoms with Crippen molar-refractivity contribution < 1.29 is 29.5 Å². The van der Waals surface area contributed by atoms with Crippen molar-refractivity contribution in [3.63, 3.8) is 0 Å². The molecule has 3 aromatic rings. The van der Waals surface area contributed by atoms with Gasteiger partial charge in [-0.05, 0) is 16.7 Å². The smallest absolute Gasteiger partial charge is 0.116 e. The largest absolute Gasteiger partial charge is 0.387 e. The van der Waals surface area contributed by atoms with Crippen LogP contribution in [0, 0.1) is 0 Å². The van der Waals surface area contributed by atoms with Crippen molar-refractivity contribution in [1.82, 2.24) is 0 Å². The van der Waals surface area contributed by atoms with E-state index in [9.17, 15) is 15.3 Å². The van der Waals surface area contributed by atoms with Crippen LogP contribution >= 0.6 is 0 Å². The predicted octanol–water partition coefficient (Wildman–Crippen LogP) is 2.84. The molecular weight excluding hydrogens is 420 g/mol. The molecule has 0 spiro atoms. The first kappa shape index (κ1) is 23.6. The standard InChI is InChI=1S/C27H30O6/c28-22-23(29)25(31-16-19-10-4-1-5-11-19)27(33-18-21-14-8-3-9-15-21)26(24(22)30)32-17-20-12-6-2-7-13-20/h1-15,22-30H,16-18H2/t22?,23-,24+,25-,26-,27?/m0/s1. The van der Waals surface area contributed by atoms with E-state index in [2.05, 4.69) is 0 Å². The molecule has 6 heteroatoms. The molecule has 0 amide bonds. The summed E-state index contributed by atoms with van der Waals surface area (Å²) >= 11 is 0. The number of aliphatic hydroxyl groups excluding tert-OH is 3. The number of ether oxygens (including phenoxy) is 3. The summed E-state index contributed by atoms with van der Waals surface area (Å²) < 4.78 is 18.3. The Hall–Kier alpha value is -2.58. The van der Waals surface area contributed by atoms with Crippen molar-refractivity contribution in [1.29, 1.82) is 0 Å². The van der Waals surface area contributed by atoms with Crippen LogP contribution in [0.25, 0.3) is 0 Å². The van der Waals surface area contributed by atoms with Crippen molar-refractivity contribution in [3.8, 4) is 0 Å². The second kappa shape index (κ2) is 11.5. The third-order valence-electron chi connectivity index (χ3n) is 5.88. The van der Waals surface area contributed by atoms with Crippen molar-refractivity contribution >= 4 is 0 Å². The Morgan fingerprint density at radius 1 is 0.424 bits per heavy atom. The molecule has 0 aliphatic heterocycles. The molecule has 1 aliphatic rings. The summed E-state index contributed by atoms with van der Waals surface area (Å²) in [5, 5.41) is 32.1. The number of rotatable bonds is 9. The lowest BCUT2D eigenvalue weighted by molar-refractivity contribution is -0.263. The minimum absolute atomic E-state index is 0.224. The van der Waals surface area contributed by atoms with E-state index < -0.39 is 36.6 Å². The normalized spacial score (nSPS) is 27.4. The predicted molar refractivity (Wildman–Crippen MR) is 123 cm³/mol. The zero-order valence-corrected chi connectivity index (χ0v) is 18.3. The molecule has 4 rings (SSSR count). The van der Waals surface area contributed by atoms with E-state index in [1.54, 1.807) is 0 Å². The Kier molecular flexibility index (Phi) is 8.23. The SMILES string of the molecule is OC1[C@@H](O)[C@H](OCc2ccccc2)C(OCc2ccccc2)[C@@H](OCc2ccccc2)[C@H]1O. The van der Waals surface area contributed by atoms with Gasteiger partial charge in [-0.25, -0.2) is 0 Å². The first-order valence-corrected chi connectivity index (χ1v) is 11.1. The Bertz CT molecular complexity index is 895. The summed E-state index contributed by atoms with van der Waals surface area (Å²) in [6.45, 7) is 0.696. The second-order valence-corrected chi connectivity index (χ2v) is 8.26. The zero-order valence-electron chi connectivity index (χ0n) is 18.3. The van der Waals surface area contributed by atoms with Crippen LogP contribution in [-0.4, -0.2) is 51.9 Å². The van der Waals surface area contributed by atoms with E-state index in [1.807, 2.05) is 91.0 Å². The van der Waals surface area contributed by atoms with Crippen LogP contribution < -0.4 is 0 Å². The molecular formula is C27H30O6. The van der Waals surface area contributed by atoms with E-state index >= 15 is 0 Å². The van der Waals surface area contributed by atoms with Gasteiger partial charge in [-0.1, -0.05) is 91.0 Å². The number of benzene rings is 3. The highest BCUT2D eigenvalue weighted by Gasteiger charge is 2.51. The van der Waals surface area contributed by atoms with Gasteiger partial charge in [0.15, 0.2) is 0 Å². The van der Waals surface area contributed by atoms with Crippen LogP contribution in [0.4, 0.5) is 0 Å². The van der Waals surface area contributed by atoms with Crippen molar-refractivity contribution in [3.05, 3.63) is 108 Å². The Morgan fingerprint density at radius 2 is 0.727 bits per heavy atom. The zero-order chi connectivity index (χ0) is 23.0. The van der Waals surface area contributed by atoms with Gasteiger partial charge in [0.1, 0.15) is 36.6 Å². The van der Waals surface area contributed by atoms with Crippen molar-refractivity contribution in [2.75, 3.05) is 0 Å². The fraction of sp³-hybridized carbons (Fsp3) is 0.333. The molecule has 0 saturated heterocycles. The lowest BCUT2D eigenvalue weighted by atomic mass is 9.84. The van der Waals surface area contributed by atoms with E-state index in [0.29, 0.717) is 0 Å². The average molecular weight is 451 g/mol. The fourth-order valence-corrected chi connectivity index (χ4v) is 4.04. The summed E-state index contributed by atoms with van der Waals surface area (Å²) in [7, 11) is 0. The molecule has 1 saturated carbocycles. The third-order valence-corrected chi connectivity index (χ3v) is 5.88.